The Kier molecular flexibility index (Phi) is 5.81. The monoisotopic (exact) mass is 434 g/mol. The number of thioether (sulfide) groups is 1. The van der Waals surface area contributed by atoms with Gasteiger partial charge in [-0.3, -0.25) is 0 Å². The Bertz CT molecular complexity index is 1350. The number of hydrogen-bond acceptors (Lipinski definition) is 4. The van der Waals surface area contributed by atoms with Gasteiger partial charge in [0, 0.05) is 11.3 Å². The van der Waals surface area contributed by atoms with Crippen molar-refractivity contribution in [2.24, 2.45) is 0 Å². The largest absolute Gasteiger partial charge is 0.304 e. The number of rotatable bonds is 7. The zero-order valence-electron chi connectivity index (χ0n) is 17.6. The lowest BCUT2D eigenvalue weighted by Gasteiger charge is -2.11. The highest BCUT2D eigenvalue weighted by atomic mass is 32.2. The standard InChI is InChI=1S/C27H22N4S/c1-20(23-15-9-4-10-16-23)25-30-24-26(31(25)17-21-11-5-2-6-12-21)28-19-29-27(24)32-18-22-13-7-3-8-14-22/h2-16,19H,1,17-18H2. The number of aromatic nitrogens is 4. The van der Waals surface area contributed by atoms with Gasteiger partial charge in [0.25, 0.3) is 0 Å². The SMILES string of the molecule is C=C(c1ccccc1)c1nc2c(SCc3ccccc3)ncnc2n1Cc1ccccc1. The van der Waals surface area contributed by atoms with Gasteiger partial charge in [0.1, 0.15) is 22.7 Å². The highest BCUT2D eigenvalue weighted by Crippen LogP contribution is 2.31. The summed E-state index contributed by atoms with van der Waals surface area (Å²) >= 11 is 1.68. The Balaban J connectivity index is 1.59. The first-order valence-corrected chi connectivity index (χ1v) is 11.4. The van der Waals surface area contributed by atoms with Gasteiger partial charge in [-0.2, -0.15) is 0 Å². The Hall–Kier alpha value is -3.70. The van der Waals surface area contributed by atoms with Crippen molar-refractivity contribution < 1.29 is 0 Å². The smallest absolute Gasteiger partial charge is 0.165 e. The van der Waals surface area contributed by atoms with E-state index < -0.39 is 0 Å². The van der Waals surface area contributed by atoms with Crippen molar-refractivity contribution in [1.82, 2.24) is 19.5 Å². The second-order valence-corrected chi connectivity index (χ2v) is 8.44. The van der Waals surface area contributed by atoms with E-state index in [2.05, 4.69) is 81.8 Å². The Morgan fingerprint density at radius 1 is 0.781 bits per heavy atom. The van der Waals surface area contributed by atoms with Gasteiger partial charge < -0.3 is 4.57 Å². The summed E-state index contributed by atoms with van der Waals surface area (Å²) in [4.78, 5) is 14.2. The molecule has 2 aromatic heterocycles. The van der Waals surface area contributed by atoms with Crippen LogP contribution in [0.2, 0.25) is 0 Å². The molecule has 0 aliphatic carbocycles. The summed E-state index contributed by atoms with van der Waals surface area (Å²) in [6.07, 6.45) is 1.63. The Morgan fingerprint density at radius 2 is 1.41 bits per heavy atom. The van der Waals surface area contributed by atoms with E-state index in [1.807, 2.05) is 30.3 Å². The first kappa shape index (κ1) is 20.2. The van der Waals surface area contributed by atoms with E-state index in [-0.39, 0.29) is 0 Å². The third-order valence-electron chi connectivity index (χ3n) is 5.29. The quantitative estimate of drug-likeness (QED) is 0.225. The lowest BCUT2D eigenvalue weighted by Crippen LogP contribution is -2.06. The van der Waals surface area contributed by atoms with Crippen LogP contribution in [0.5, 0.6) is 0 Å². The maximum Gasteiger partial charge on any atom is 0.165 e. The number of hydrogen-bond donors (Lipinski definition) is 0. The van der Waals surface area contributed by atoms with E-state index in [0.29, 0.717) is 6.54 Å². The normalized spacial score (nSPS) is 11.0. The van der Waals surface area contributed by atoms with Gasteiger partial charge in [0.15, 0.2) is 5.65 Å². The average molecular weight is 435 g/mol. The Labute approximate surface area is 191 Å². The van der Waals surface area contributed by atoms with Gasteiger partial charge in [-0.15, -0.1) is 0 Å². The molecule has 5 rings (SSSR count). The average Bonchev–Trinajstić information content (AvgIpc) is 3.23. The molecule has 156 valence electrons. The van der Waals surface area contributed by atoms with Gasteiger partial charge in [-0.1, -0.05) is 109 Å². The molecule has 2 heterocycles. The number of imidazole rings is 1. The van der Waals surface area contributed by atoms with Crippen LogP contribution in [0.15, 0.2) is 109 Å². The van der Waals surface area contributed by atoms with Gasteiger partial charge in [-0.05, 0) is 16.7 Å². The highest BCUT2D eigenvalue weighted by molar-refractivity contribution is 7.98. The molecule has 4 nitrogen and oxygen atoms in total. The molecule has 5 heteroatoms. The minimum atomic E-state index is 0.665. The summed E-state index contributed by atoms with van der Waals surface area (Å²) in [7, 11) is 0. The van der Waals surface area contributed by atoms with Crippen LogP contribution in [0.1, 0.15) is 22.5 Å². The van der Waals surface area contributed by atoms with E-state index in [9.17, 15) is 0 Å². The molecule has 0 atom stereocenters. The van der Waals surface area contributed by atoms with Gasteiger partial charge >= 0.3 is 0 Å². The predicted octanol–water partition coefficient (Wildman–Crippen LogP) is 6.23. The molecule has 0 spiro atoms. The first-order valence-electron chi connectivity index (χ1n) is 10.5. The summed E-state index contributed by atoms with van der Waals surface area (Å²) in [5.41, 5.74) is 6.00. The van der Waals surface area contributed by atoms with Crippen LogP contribution in [0.4, 0.5) is 0 Å². The van der Waals surface area contributed by atoms with E-state index >= 15 is 0 Å². The molecule has 0 radical (unpaired) electrons. The molecule has 0 fully saturated rings. The molecular formula is C27H22N4S. The summed E-state index contributed by atoms with van der Waals surface area (Å²) < 4.78 is 2.15. The fraction of sp³-hybridized carbons (Fsp3) is 0.0741. The molecule has 0 bridgehead atoms. The minimum Gasteiger partial charge on any atom is -0.304 e. The molecule has 0 saturated carbocycles. The fourth-order valence-electron chi connectivity index (χ4n) is 3.66. The van der Waals surface area contributed by atoms with Crippen molar-refractivity contribution in [2.45, 2.75) is 17.3 Å². The van der Waals surface area contributed by atoms with Crippen LogP contribution in [0, 0.1) is 0 Å². The molecule has 5 aromatic rings. The molecule has 0 aliphatic heterocycles. The second kappa shape index (κ2) is 9.20. The zero-order chi connectivity index (χ0) is 21.8. The number of nitrogens with zero attached hydrogens (tertiary/aromatic N) is 4. The molecule has 3 aromatic carbocycles. The summed E-state index contributed by atoms with van der Waals surface area (Å²) in [6.45, 7) is 5.04. The van der Waals surface area contributed by atoms with E-state index in [1.165, 1.54) is 11.1 Å². The topological polar surface area (TPSA) is 43.6 Å². The zero-order valence-corrected chi connectivity index (χ0v) is 18.4. The molecule has 0 saturated heterocycles. The van der Waals surface area contributed by atoms with Crippen molar-refractivity contribution in [3.63, 3.8) is 0 Å². The van der Waals surface area contributed by atoms with Crippen LogP contribution in [-0.2, 0) is 12.3 Å². The first-order chi connectivity index (χ1) is 15.8. The predicted molar refractivity (Wildman–Crippen MR) is 131 cm³/mol. The maximum atomic E-state index is 5.01. The van der Waals surface area contributed by atoms with E-state index in [4.69, 9.17) is 4.98 Å². The van der Waals surface area contributed by atoms with Crippen molar-refractivity contribution >= 4 is 28.5 Å². The van der Waals surface area contributed by atoms with Crippen LogP contribution >= 0.6 is 11.8 Å². The molecule has 0 amide bonds. The number of fused-ring (bicyclic) bond motifs is 1. The summed E-state index contributed by atoms with van der Waals surface area (Å²) in [5.74, 6) is 1.64. The lowest BCUT2D eigenvalue weighted by atomic mass is 10.1. The number of benzene rings is 3. The van der Waals surface area contributed by atoms with Gasteiger partial charge in [-0.25, -0.2) is 15.0 Å². The maximum absolute atomic E-state index is 5.01. The third-order valence-corrected chi connectivity index (χ3v) is 6.34. The molecule has 0 aliphatic rings. The van der Waals surface area contributed by atoms with Crippen LogP contribution < -0.4 is 0 Å². The van der Waals surface area contributed by atoms with Crippen molar-refractivity contribution in [1.29, 1.82) is 0 Å². The minimum absolute atomic E-state index is 0.665. The summed E-state index contributed by atoms with van der Waals surface area (Å²) in [5, 5.41) is 0.882. The third kappa shape index (κ3) is 4.20. The van der Waals surface area contributed by atoms with Crippen LogP contribution in [0.3, 0.4) is 0 Å². The molecular weight excluding hydrogens is 412 g/mol. The van der Waals surface area contributed by atoms with E-state index in [1.54, 1.807) is 18.1 Å². The van der Waals surface area contributed by atoms with Crippen molar-refractivity contribution in [3.8, 4) is 0 Å². The Morgan fingerprint density at radius 3 is 2.09 bits per heavy atom. The van der Waals surface area contributed by atoms with Crippen LogP contribution in [-0.4, -0.2) is 19.5 Å². The van der Waals surface area contributed by atoms with Gasteiger partial charge in [0.05, 0.1) is 6.54 Å². The molecule has 0 N–H and O–H groups in total. The lowest BCUT2D eigenvalue weighted by molar-refractivity contribution is 0.798. The van der Waals surface area contributed by atoms with E-state index in [0.717, 1.165) is 38.9 Å². The van der Waals surface area contributed by atoms with Crippen molar-refractivity contribution in [3.05, 3.63) is 126 Å². The van der Waals surface area contributed by atoms with Gasteiger partial charge in [0.2, 0.25) is 0 Å². The highest BCUT2D eigenvalue weighted by Gasteiger charge is 2.19. The van der Waals surface area contributed by atoms with Crippen LogP contribution in [0.25, 0.3) is 16.7 Å². The second-order valence-electron chi connectivity index (χ2n) is 7.48. The molecule has 0 unspecified atom stereocenters. The van der Waals surface area contributed by atoms with Crippen molar-refractivity contribution in [2.75, 3.05) is 0 Å². The molecule has 32 heavy (non-hydrogen) atoms. The summed E-state index contributed by atoms with van der Waals surface area (Å²) in [6, 6.07) is 30.9. The fourth-order valence-corrected chi connectivity index (χ4v) is 4.55.